The summed E-state index contributed by atoms with van der Waals surface area (Å²) < 4.78 is 12.9. The number of nitrogens with zero attached hydrogens (tertiary/aromatic N) is 1. The van der Waals surface area contributed by atoms with Gasteiger partial charge in [-0.25, -0.2) is 0 Å². The van der Waals surface area contributed by atoms with Gasteiger partial charge in [-0.1, -0.05) is 0 Å². The number of unbranched alkanes of at least 4 members (excludes halogenated alkanes) is 2. The van der Waals surface area contributed by atoms with Crippen molar-refractivity contribution >= 4 is 12.2 Å². The Bertz CT molecular complexity index is 798. The number of H-pyrrole nitrogens is 1. The van der Waals surface area contributed by atoms with Crippen LogP contribution in [0.3, 0.4) is 0 Å². The van der Waals surface area contributed by atoms with Gasteiger partial charge in [0.25, 0.3) is 5.56 Å². The largest absolute Gasteiger partial charge is 0.497 e. The predicted molar refractivity (Wildman–Crippen MR) is 95.4 cm³/mol. The minimum Gasteiger partial charge on any atom is -0.497 e. The van der Waals surface area contributed by atoms with Crippen LogP contribution in [0, 0.1) is 4.77 Å². The molecule has 0 aliphatic carbocycles. The van der Waals surface area contributed by atoms with Crippen molar-refractivity contribution in [2.45, 2.75) is 25.8 Å². The Balaban J connectivity index is 2.49. The van der Waals surface area contributed by atoms with Crippen molar-refractivity contribution in [3.8, 4) is 22.8 Å². The lowest BCUT2D eigenvalue weighted by Crippen LogP contribution is -2.15. The van der Waals surface area contributed by atoms with E-state index in [9.17, 15) is 4.79 Å². The molecular weight excluding hydrogens is 328 g/mol. The van der Waals surface area contributed by atoms with Crippen molar-refractivity contribution in [2.24, 2.45) is 0 Å². The summed E-state index contributed by atoms with van der Waals surface area (Å²) in [6.07, 6.45) is 2.49. The average Bonchev–Trinajstić information content (AvgIpc) is 2.59. The summed E-state index contributed by atoms with van der Waals surface area (Å²) in [6.45, 7) is 0.830. The molecule has 0 spiro atoms. The molecule has 2 N–H and O–H groups in total. The number of aromatic amines is 1. The summed E-state index contributed by atoms with van der Waals surface area (Å²) in [5, 5.41) is 8.90. The maximum absolute atomic E-state index is 11.9. The van der Waals surface area contributed by atoms with Gasteiger partial charge in [0.15, 0.2) is 4.77 Å². The standard InChI is InChI=1S/C17H22N2O4S/c1-22-12-6-7-13(15(10-12)23-2)14-11-16(21)18-17(24)19(14)8-4-3-5-9-20/h6-7,10-11,20H,3-5,8-9H2,1-2H3,(H,18,21,24). The number of hydrogen-bond acceptors (Lipinski definition) is 5. The van der Waals surface area contributed by atoms with Gasteiger partial charge >= 0.3 is 0 Å². The molecule has 0 saturated heterocycles. The molecule has 6 nitrogen and oxygen atoms in total. The number of benzene rings is 1. The van der Waals surface area contributed by atoms with Crippen LogP contribution in [0.1, 0.15) is 19.3 Å². The van der Waals surface area contributed by atoms with E-state index in [0.29, 0.717) is 28.5 Å². The highest BCUT2D eigenvalue weighted by molar-refractivity contribution is 7.71. The first-order chi connectivity index (χ1) is 11.6. The Kier molecular flexibility index (Phi) is 6.57. The van der Waals surface area contributed by atoms with Crippen LogP contribution in [0.5, 0.6) is 11.5 Å². The highest BCUT2D eigenvalue weighted by atomic mass is 32.1. The van der Waals surface area contributed by atoms with Gasteiger partial charge in [-0.15, -0.1) is 0 Å². The number of ether oxygens (including phenoxy) is 2. The number of methoxy groups -OCH3 is 2. The van der Waals surface area contributed by atoms with Gasteiger partial charge < -0.3 is 19.1 Å². The molecule has 0 saturated carbocycles. The number of rotatable bonds is 8. The lowest BCUT2D eigenvalue weighted by atomic mass is 10.1. The number of hydrogen-bond donors (Lipinski definition) is 2. The number of nitrogens with one attached hydrogen (secondary N) is 1. The molecule has 1 heterocycles. The molecule has 0 aliphatic rings. The summed E-state index contributed by atoms with van der Waals surface area (Å²) in [5.74, 6) is 1.28. The summed E-state index contributed by atoms with van der Waals surface area (Å²) >= 11 is 5.33. The smallest absolute Gasteiger partial charge is 0.252 e. The van der Waals surface area contributed by atoms with Crippen LogP contribution in [-0.2, 0) is 6.54 Å². The third kappa shape index (κ3) is 4.24. The fraction of sp³-hybridized carbons (Fsp3) is 0.412. The van der Waals surface area contributed by atoms with Crippen LogP contribution >= 0.6 is 12.2 Å². The van der Waals surface area contributed by atoms with Crippen molar-refractivity contribution < 1.29 is 14.6 Å². The molecule has 0 atom stereocenters. The molecule has 7 heteroatoms. The Morgan fingerprint density at radius 1 is 1.17 bits per heavy atom. The summed E-state index contributed by atoms with van der Waals surface area (Å²) in [4.78, 5) is 14.6. The first kappa shape index (κ1) is 18.2. The Morgan fingerprint density at radius 2 is 1.96 bits per heavy atom. The maximum Gasteiger partial charge on any atom is 0.252 e. The van der Waals surface area contributed by atoms with E-state index >= 15 is 0 Å². The first-order valence-corrected chi connectivity index (χ1v) is 8.19. The summed E-state index contributed by atoms with van der Waals surface area (Å²) in [6, 6.07) is 6.96. The summed E-state index contributed by atoms with van der Waals surface area (Å²) in [7, 11) is 3.16. The Morgan fingerprint density at radius 3 is 2.62 bits per heavy atom. The fourth-order valence-corrected chi connectivity index (χ4v) is 2.82. The van der Waals surface area contributed by atoms with Crippen LogP contribution in [0.4, 0.5) is 0 Å². The molecule has 2 rings (SSSR count). The van der Waals surface area contributed by atoms with E-state index in [1.807, 2.05) is 16.7 Å². The zero-order valence-electron chi connectivity index (χ0n) is 13.9. The second-order valence-corrected chi connectivity index (χ2v) is 5.71. The van der Waals surface area contributed by atoms with Gasteiger partial charge in [-0.2, -0.15) is 0 Å². The zero-order chi connectivity index (χ0) is 17.5. The van der Waals surface area contributed by atoms with Gasteiger partial charge in [0, 0.05) is 30.8 Å². The highest BCUT2D eigenvalue weighted by Crippen LogP contribution is 2.32. The van der Waals surface area contributed by atoms with E-state index < -0.39 is 0 Å². The maximum atomic E-state index is 11.9. The minimum atomic E-state index is -0.250. The molecule has 0 aliphatic heterocycles. The molecule has 0 radical (unpaired) electrons. The topological polar surface area (TPSA) is 76.5 Å². The Labute approximate surface area is 145 Å². The highest BCUT2D eigenvalue weighted by Gasteiger charge is 2.13. The molecule has 0 amide bonds. The zero-order valence-corrected chi connectivity index (χ0v) is 14.7. The Hall–Kier alpha value is -2.12. The molecular formula is C17H22N2O4S. The van der Waals surface area contributed by atoms with Crippen molar-refractivity contribution in [2.75, 3.05) is 20.8 Å². The van der Waals surface area contributed by atoms with Gasteiger partial charge in [-0.05, 0) is 43.6 Å². The minimum absolute atomic E-state index is 0.177. The molecule has 1 aromatic heterocycles. The SMILES string of the molecule is COc1ccc(-c2cc(=O)[nH]c(=S)n2CCCCCO)c(OC)c1. The van der Waals surface area contributed by atoms with E-state index in [0.717, 1.165) is 24.8 Å². The average molecular weight is 350 g/mol. The van der Waals surface area contributed by atoms with E-state index in [1.165, 1.54) is 6.07 Å². The molecule has 130 valence electrons. The van der Waals surface area contributed by atoms with Crippen LogP contribution < -0.4 is 15.0 Å². The third-order valence-corrected chi connectivity index (χ3v) is 4.08. The van der Waals surface area contributed by atoms with Crippen LogP contribution in [-0.4, -0.2) is 35.5 Å². The van der Waals surface area contributed by atoms with Gasteiger partial charge in [-0.3, -0.25) is 9.78 Å². The van der Waals surface area contributed by atoms with Crippen molar-refractivity contribution in [3.63, 3.8) is 0 Å². The number of aromatic nitrogens is 2. The number of aliphatic hydroxyl groups is 1. The van der Waals surface area contributed by atoms with Crippen LogP contribution in [0.15, 0.2) is 29.1 Å². The molecule has 0 unspecified atom stereocenters. The molecule has 1 aromatic carbocycles. The first-order valence-electron chi connectivity index (χ1n) is 7.78. The van der Waals surface area contributed by atoms with Crippen LogP contribution in [0.2, 0.25) is 0 Å². The molecule has 0 bridgehead atoms. The van der Waals surface area contributed by atoms with Gasteiger partial charge in [0.1, 0.15) is 11.5 Å². The van der Waals surface area contributed by atoms with E-state index in [-0.39, 0.29) is 12.2 Å². The summed E-state index contributed by atoms with van der Waals surface area (Å²) in [5.41, 5.74) is 1.23. The number of aliphatic hydroxyl groups excluding tert-OH is 1. The van der Waals surface area contributed by atoms with Gasteiger partial charge in [0.2, 0.25) is 0 Å². The van der Waals surface area contributed by atoms with Crippen molar-refractivity contribution in [1.29, 1.82) is 0 Å². The van der Waals surface area contributed by atoms with E-state index in [2.05, 4.69) is 4.98 Å². The van der Waals surface area contributed by atoms with E-state index in [4.69, 9.17) is 26.8 Å². The molecule has 24 heavy (non-hydrogen) atoms. The second-order valence-electron chi connectivity index (χ2n) is 5.33. The van der Waals surface area contributed by atoms with Crippen molar-refractivity contribution in [1.82, 2.24) is 9.55 Å². The van der Waals surface area contributed by atoms with E-state index in [1.54, 1.807) is 20.3 Å². The fourth-order valence-electron chi connectivity index (χ4n) is 2.53. The second kappa shape index (κ2) is 8.65. The third-order valence-electron chi connectivity index (χ3n) is 3.76. The lowest BCUT2D eigenvalue weighted by Gasteiger charge is -2.16. The van der Waals surface area contributed by atoms with Crippen LogP contribution in [0.25, 0.3) is 11.3 Å². The van der Waals surface area contributed by atoms with Gasteiger partial charge in [0.05, 0.1) is 19.9 Å². The quantitative estimate of drug-likeness (QED) is 0.565. The lowest BCUT2D eigenvalue weighted by molar-refractivity contribution is 0.282. The monoisotopic (exact) mass is 350 g/mol. The normalized spacial score (nSPS) is 10.6. The molecule has 2 aromatic rings. The van der Waals surface area contributed by atoms with Crippen molar-refractivity contribution in [3.05, 3.63) is 39.4 Å². The molecule has 0 fully saturated rings. The predicted octanol–water partition coefficient (Wildman–Crippen LogP) is 2.75.